The molecule has 0 aliphatic heterocycles. The highest BCUT2D eigenvalue weighted by Gasteiger charge is 2.10. The first kappa shape index (κ1) is 11.9. The van der Waals surface area contributed by atoms with Crippen molar-refractivity contribution in [2.45, 2.75) is 19.9 Å². The second-order valence-corrected chi connectivity index (χ2v) is 4.31. The van der Waals surface area contributed by atoms with Gasteiger partial charge in [-0.3, -0.25) is 0 Å². The third-order valence-electron chi connectivity index (χ3n) is 3.06. The minimum atomic E-state index is 0.812. The van der Waals surface area contributed by atoms with Gasteiger partial charge in [-0.25, -0.2) is 4.98 Å². The molecular formula is C14H19N3. The summed E-state index contributed by atoms with van der Waals surface area (Å²) in [4.78, 5) is 4.60. The molecule has 3 heteroatoms. The van der Waals surface area contributed by atoms with Crippen LogP contribution in [0.3, 0.4) is 0 Å². The Balaban J connectivity index is 2.27. The number of nitrogens with one attached hydrogen (secondary N) is 1. The van der Waals surface area contributed by atoms with Crippen LogP contribution < -0.4 is 5.32 Å². The largest absolute Gasteiger partial charge is 0.333 e. The number of hydrogen-bond acceptors (Lipinski definition) is 2. The summed E-state index contributed by atoms with van der Waals surface area (Å²) in [5.41, 5.74) is 3.75. The fourth-order valence-electron chi connectivity index (χ4n) is 2.08. The summed E-state index contributed by atoms with van der Waals surface area (Å²) in [5, 5.41) is 3.15. The highest BCUT2D eigenvalue weighted by Crippen LogP contribution is 2.14. The molecule has 0 saturated heterocycles. The fraction of sp³-hybridized carbons (Fsp3) is 0.357. The molecule has 0 aliphatic carbocycles. The molecule has 0 bridgehead atoms. The Morgan fingerprint density at radius 2 is 1.94 bits per heavy atom. The average Bonchev–Trinajstić information content (AvgIpc) is 2.59. The minimum Gasteiger partial charge on any atom is -0.333 e. The number of imidazole rings is 1. The highest BCUT2D eigenvalue weighted by molar-refractivity contribution is 5.25. The first-order valence-electron chi connectivity index (χ1n) is 5.92. The molecule has 0 spiro atoms. The van der Waals surface area contributed by atoms with Gasteiger partial charge in [0, 0.05) is 19.2 Å². The molecule has 0 atom stereocenters. The molecule has 0 unspecified atom stereocenters. The number of aryl methyl sites for hydroxylation is 1. The van der Waals surface area contributed by atoms with E-state index >= 15 is 0 Å². The van der Waals surface area contributed by atoms with Crippen molar-refractivity contribution < 1.29 is 0 Å². The fourth-order valence-corrected chi connectivity index (χ4v) is 2.08. The molecule has 2 aromatic rings. The summed E-state index contributed by atoms with van der Waals surface area (Å²) in [5.74, 6) is 1.09. The lowest BCUT2D eigenvalue weighted by Crippen LogP contribution is -2.11. The van der Waals surface area contributed by atoms with E-state index in [2.05, 4.69) is 53.1 Å². The van der Waals surface area contributed by atoms with Gasteiger partial charge in [0.1, 0.15) is 5.82 Å². The first-order valence-corrected chi connectivity index (χ1v) is 5.92. The number of rotatable bonds is 4. The standard InChI is InChI=1S/C14H19N3/c1-11-13(9-12-7-5-4-6-8-12)17(3)14(16-11)10-15-2/h4-8,15H,9-10H2,1-3H3. The van der Waals surface area contributed by atoms with E-state index in [9.17, 15) is 0 Å². The molecule has 0 saturated carbocycles. The summed E-state index contributed by atoms with van der Waals surface area (Å²) in [7, 11) is 4.03. The maximum absolute atomic E-state index is 4.60. The van der Waals surface area contributed by atoms with Gasteiger partial charge in [-0.2, -0.15) is 0 Å². The molecule has 2 rings (SSSR count). The van der Waals surface area contributed by atoms with E-state index in [4.69, 9.17) is 0 Å². The van der Waals surface area contributed by atoms with Crippen LogP contribution in [-0.4, -0.2) is 16.6 Å². The minimum absolute atomic E-state index is 0.812. The molecule has 3 nitrogen and oxygen atoms in total. The van der Waals surface area contributed by atoms with Crippen molar-refractivity contribution >= 4 is 0 Å². The van der Waals surface area contributed by atoms with Crippen LogP contribution in [0.4, 0.5) is 0 Å². The quantitative estimate of drug-likeness (QED) is 0.869. The van der Waals surface area contributed by atoms with Crippen molar-refractivity contribution in [2.24, 2.45) is 7.05 Å². The van der Waals surface area contributed by atoms with Gasteiger partial charge in [0.15, 0.2) is 0 Å². The molecule has 90 valence electrons. The smallest absolute Gasteiger partial charge is 0.122 e. The maximum Gasteiger partial charge on any atom is 0.122 e. The van der Waals surface area contributed by atoms with Gasteiger partial charge in [-0.05, 0) is 19.5 Å². The lowest BCUT2D eigenvalue weighted by atomic mass is 10.1. The van der Waals surface area contributed by atoms with Crippen LogP contribution in [-0.2, 0) is 20.0 Å². The summed E-state index contributed by atoms with van der Waals surface area (Å²) in [6.07, 6.45) is 0.944. The molecule has 0 aliphatic rings. The predicted octanol–water partition coefficient (Wildman–Crippen LogP) is 2.04. The number of hydrogen-bond donors (Lipinski definition) is 1. The van der Waals surface area contributed by atoms with E-state index in [1.165, 1.54) is 11.3 Å². The van der Waals surface area contributed by atoms with E-state index in [-0.39, 0.29) is 0 Å². The van der Waals surface area contributed by atoms with Crippen LogP contribution >= 0.6 is 0 Å². The zero-order valence-corrected chi connectivity index (χ0v) is 10.7. The predicted molar refractivity (Wildman–Crippen MR) is 70.0 cm³/mol. The van der Waals surface area contributed by atoms with Crippen molar-refractivity contribution in [3.63, 3.8) is 0 Å². The molecule has 17 heavy (non-hydrogen) atoms. The van der Waals surface area contributed by atoms with Crippen molar-refractivity contribution in [1.29, 1.82) is 0 Å². The van der Waals surface area contributed by atoms with Gasteiger partial charge < -0.3 is 9.88 Å². The molecule has 1 aromatic carbocycles. The summed E-state index contributed by atoms with van der Waals surface area (Å²) in [6, 6.07) is 10.5. The van der Waals surface area contributed by atoms with Gasteiger partial charge in [0.2, 0.25) is 0 Å². The maximum atomic E-state index is 4.60. The van der Waals surface area contributed by atoms with E-state index in [1.807, 2.05) is 13.1 Å². The van der Waals surface area contributed by atoms with Crippen LogP contribution in [0.15, 0.2) is 30.3 Å². The summed E-state index contributed by atoms with van der Waals surface area (Å²) in [6.45, 7) is 2.89. The van der Waals surface area contributed by atoms with E-state index in [0.29, 0.717) is 0 Å². The number of nitrogens with zero attached hydrogens (tertiary/aromatic N) is 2. The molecule has 1 aromatic heterocycles. The van der Waals surface area contributed by atoms with Gasteiger partial charge in [0.25, 0.3) is 0 Å². The number of aromatic nitrogens is 2. The Morgan fingerprint density at radius 1 is 1.24 bits per heavy atom. The Kier molecular flexibility index (Phi) is 3.59. The lowest BCUT2D eigenvalue weighted by Gasteiger charge is -2.06. The summed E-state index contributed by atoms with van der Waals surface area (Å²) >= 11 is 0. The van der Waals surface area contributed by atoms with E-state index in [1.54, 1.807) is 0 Å². The van der Waals surface area contributed by atoms with Gasteiger partial charge in [-0.1, -0.05) is 30.3 Å². The van der Waals surface area contributed by atoms with Crippen LogP contribution in [0.1, 0.15) is 22.8 Å². The van der Waals surface area contributed by atoms with Crippen molar-refractivity contribution in [3.05, 3.63) is 53.1 Å². The van der Waals surface area contributed by atoms with E-state index < -0.39 is 0 Å². The monoisotopic (exact) mass is 229 g/mol. The Morgan fingerprint density at radius 3 is 2.59 bits per heavy atom. The van der Waals surface area contributed by atoms with Crippen molar-refractivity contribution in [2.75, 3.05) is 7.05 Å². The Labute approximate surface area is 103 Å². The molecule has 1 N–H and O–H groups in total. The van der Waals surface area contributed by atoms with E-state index in [0.717, 1.165) is 24.5 Å². The second kappa shape index (κ2) is 5.15. The molecular weight excluding hydrogens is 210 g/mol. The van der Waals surface area contributed by atoms with Crippen molar-refractivity contribution in [3.8, 4) is 0 Å². The third kappa shape index (κ3) is 2.56. The van der Waals surface area contributed by atoms with Crippen LogP contribution in [0, 0.1) is 6.92 Å². The molecule has 0 amide bonds. The Bertz CT molecular complexity index is 486. The topological polar surface area (TPSA) is 29.9 Å². The first-order chi connectivity index (χ1) is 8.22. The van der Waals surface area contributed by atoms with Crippen LogP contribution in [0.25, 0.3) is 0 Å². The molecule has 0 fully saturated rings. The zero-order valence-electron chi connectivity index (χ0n) is 10.7. The third-order valence-corrected chi connectivity index (χ3v) is 3.06. The van der Waals surface area contributed by atoms with Crippen LogP contribution in [0.5, 0.6) is 0 Å². The highest BCUT2D eigenvalue weighted by atomic mass is 15.1. The number of benzene rings is 1. The molecule has 1 heterocycles. The summed E-state index contributed by atoms with van der Waals surface area (Å²) < 4.78 is 2.19. The molecule has 0 radical (unpaired) electrons. The Hall–Kier alpha value is -1.61. The van der Waals surface area contributed by atoms with Gasteiger partial charge in [0.05, 0.1) is 12.2 Å². The zero-order chi connectivity index (χ0) is 12.3. The average molecular weight is 229 g/mol. The van der Waals surface area contributed by atoms with Crippen LogP contribution in [0.2, 0.25) is 0 Å². The van der Waals surface area contributed by atoms with Gasteiger partial charge in [-0.15, -0.1) is 0 Å². The SMILES string of the molecule is CNCc1nc(C)c(Cc2ccccc2)n1C. The lowest BCUT2D eigenvalue weighted by molar-refractivity contribution is 0.695. The second-order valence-electron chi connectivity index (χ2n) is 4.31. The van der Waals surface area contributed by atoms with Gasteiger partial charge >= 0.3 is 0 Å². The van der Waals surface area contributed by atoms with Crippen molar-refractivity contribution in [1.82, 2.24) is 14.9 Å². The normalized spacial score (nSPS) is 10.8.